The minimum absolute atomic E-state index is 0.0984. The second kappa shape index (κ2) is 6.20. The zero-order chi connectivity index (χ0) is 17.7. The molecule has 2 saturated heterocycles. The molecule has 6 nitrogen and oxygen atoms in total. The molecule has 5 aliphatic rings. The van der Waals surface area contributed by atoms with E-state index in [1.807, 2.05) is 0 Å². The lowest BCUT2D eigenvalue weighted by atomic mass is 10.0. The van der Waals surface area contributed by atoms with Crippen molar-refractivity contribution < 1.29 is 9.90 Å². The second-order valence-corrected chi connectivity index (χ2v) is 7.87. The number of hydrogen-bond acceptors (Lipinski definition) is 5. The van der Waals surface area contributed by atoms with E-state index in [1.54, 1.807) is 0 Å². The van der Waals surface area contributed by atoms with Crippen molar-refractivity contribution >= 4 is 17.4 Å². The van der Waals surface area contributed by atoms with E-state index in [9.17, 15) is 9.90 Å². The van der Waals surface area contributed by atoms with Gasteiger partial charge in [-0.25, -0.2) is 4.79 Å². The number of nitrogens with zero attached hydrogens (tertiary/aromatic N) is 2. The van der Waals surface area contributed by atoms with Gasteiger partial charge in [-0.15, -0.1) is 0 Å². The average molecular weight is 352 g/mol. The first kappa shape index (κ1) is 16.0. The van der Waals surface area contributed by atoms with Crippen molar-refractivity contribution in [1.82, 2.24) is 10.6 Å². The first-order valence-electron chi connectivity index (χ1n) is 9.71. The molecule has 0 aliphatic carbocycles. The molecular weight excluding hydrogens is 328 g/mol. The Hall–Kier alpha value is -2.21. The van der Waals surface area contributed by atoms with Gasteiger partial charge in [-0.2, -0.15) is 0 Å². The van der Waals surface area contributed by atoms with Gasteiger partial charge >= 0.3 is 5.97 Å². The summed E-state index contributed by atoms with van der Waals surface area (Å²) in [5, 5.41) is 17.1. The number of carboxylic acid groups (broad SMARTS) is 1. The fourth-order valence-electron chi connectivity index (χ4n) is 4.88. The summed E-state index contributed by atoms with van der Waals surface area (Å²) in [6.45, 7) is 0. The summed E-state index contributed by atoms with van der Waals surface area (Å²) >= 11 is 0. The molecule has 0 aromatic rings. The van der Waals surface area contributed by atoms with Crippen molar-refractivity contribution in [2.45, 2.75) is 69.5 Å². The third-order valence-corrected chi connectivity index (χ3v) is 6.15. The number of rotatable bonds is 1. The molecular formula is C20H24N4O2. The maximum atomic E-state index is 12.0. The predicted octanol–water partition coefficient (Wildman–Crippen LogP) is 2.45. The molecule has 5 rings (SSSR count). The molecule has 2 fully saturated rings. The molecule has 0 amide bonds. The topological polar surface area (TPSA) is 86.1 Å². The number of allylic oxidation sites excluding steroid dienone is 5. The first-order valence-corrected chi connectivity index (χ1v) is 9.71. The van der Waals surface area contributed by atoms with Crippen LogP contribution in [0.3, 0.4) is 0 Å². The highest BCUT2D eigenvalue weighted by Crippen LogP contribution is 2.32. The molecule has 6 heteroatoms. The fraction of sp³-hybridized carbons (Fsp3) is 0.550. The van der Waals surface area contributed by atoms with E-state index in [0.29, 0.717) is 24.1 Å². The van der Waals surface area contributed by atoms with Gasteiger partial charge in [0.15, 0.2) is 0 Å². The quantitative estimate of drug-likeness (QED) is 0.677. The van der Waals surface area contributed by atoms with E-state index in [1.165, 1.54) is 5.70 Å². The highest BCUT2D eigenvalue weighted by Gasteiger charge is 2.37. The Labute approximate surface area is 152 Å². The van der Waals surface area contributed by atoms with Crippen LogP contribution in [0, 0.1) is 0 Å². The average Bonchev–Trinajstić information content (AvgIpc) is 3.36. The van der Waals surface area contributed by atoms with Crippen molar-refractivity contribution in [3.05, 3.63) is 34.8 Å². The van der Waals surface area contributed by atoms with E-state index in [4.69, 9.17) is 4.99 Å². The first-order chi connectivity index (χ1) is 12.7. The monoisotopic (exact) mass is 352 g/mol. The maximum absolute atomic E-state index is 12.0. The molecule has 0 radical (unpaired) electrons. The van der Waals surface area contributed by atoms with Gasteiger partial charge in [0.2, 0.25) is 0 Å². The smallest absolute Gasteiger partial charge is 0.335 e. The van der Waals surface area contributed by atoms with Crippen LogP contribution in [0.25, 0.3) is 0 Å². The number of aliphatic carboxylic acids is 1. The van der Waals surface area contributed by atoms with Crippen LogP contribution >= 0.6 is 0 Å². The van der Waals surface area contributed by atoms with E-state index in [2.05, 4.69) is 27.8 Å². The predicted molar refractivity (Wildman–Crippen MR) is 100 cm³/mol. The van der Waals surface area contributed by atoms with Crippen molar-refractivity contribution in [3.63, 3.8) is 0 Å². The summed E-state index contributed by atoms with van der Waals surface area (Å²) < 4.78 is 0. The van der Waals surface area contributed by atoms with Crippen LogP contribution < -0.4 is 10.6 Å². The zero-order valence-electron chi connectivity index (χ0n) is 14.8. The van der Waals surface area contributed by atoms with Crippen LogP contribution in [0.15, 0.2) is 44.8 Å². The lowest BCUT2D eigenvalue weighted by Gasteiger charge is -2.22. The molecule has 8 bridgehead atoms. The highest BCUT2D eigenvalue weighted by molar-refractivity contribution is 6.02. The van der Waals surface area contributed by atoms with Gasteiger partial charge in [0, 0.05) is 40.9 Å². The molecule has 5 aliphatic heterocycles. The highest BCUT2D eigenvalue weighted by atomic mass is 16.4. The Morgan fingerprint density at radius 1 is 0.962 bits per heavy atom. The molecule has 0 aromatic carbocycles. The van der Waals surface area contributed by atoms with Gasteiger partial charge in [0.1, 0.15) is 0 Å². The summed E-state index contributed by atoms with van der Waals surface area (Å²) in [7, 11) is 0. The Balaban J connectivity index is 1.58. The van der Waals surface area contributed by atoms with Crippen molar-refractivity contribution in [1.29, 1.82) is 0 Å². The van der Waals surface area contributed by atoms with Crippen molar-refractivity contribution in [2.75, 3.05) is 0 Å². The third-order valence-electron chi connectivity index (χ3n) is 6.15. The Morgan fingerprint density at radius 3 is 2.69 bits per heavy atom. The number of nitrogens with one attached hydrogen (secondary N) is 2. The lowest BCUT2D eigenvalue weighted by Crippen LogP contribution is -2.44. The van der Waals surface area contributed by atoms with E-state index >= 15 is 0 Å². The molecule has 3 atom stereocenters. The van der Waals surface area contributed by atoms with Crippen molar-refractivity contribution in [3.8, 4) is 0 Å². The Morgan fingerprint density at radius 2 is 1.81 bits per heavy atom. The minimum Gasteiger partial charge on any atom is -0.478 e. The molecule has 0 aromatic heterocycles. The molecule has 136 valence electrons. The number of carboxylic acids is 1. The minimum atomic E-state index is -0.832. The number of aliphatic imine (C=N–C) groups is 2. The van der Waals surface area contributed by atoms with Gasteiger partial charge < -0.3 is 15.7 Å². The Kier molecular flexibility index (Phi) is 3.81. The summed E-state index contributed by atoms with van der Waals surface area (Å²) in [5.41, 5.74) is 5.67. The van der Waals surface area contributed by atoms with Crippen LogP contribution in [-0.2, 0) is 4.79 Å². The normalized spacial score (nSPS) is 33.0. The molecule has 3 N–H and O–H groups in total. The van der Waals surface area contributed by atoms with Gasteiger partial charge in [-0.05, 0) is 63.5 Å². The van der Waals surface area contributed by atoms with Gasteiger partial charge in [-0.3, -0.25) is 9.98 Å². The second-order valence-electron chi connectivity index (χ2n) is 7.87. The van der Waals surface area contributed by atoms with Crippen LogP contribution in [0.4, 0.5) is 0 Å². The fourth-order valence-corrected chi connectivity index (χ4v) is 4.88. The molecule has 3 unspecified atom stereocenters. The maximum Gasteiger partial charge on any atom is 0.335 e. The molecule has 26 heavy (non-hydrogen) atoms. The third kappa shape index (κ3) is 2.82. The van der Waals surface area contributed by atoms with E-state index in [-0.39, 0.29) is 6.04 Å². The van der Waals surface area contributed by atoms with Gasteiger partial charge in [-0.1, -0.05) is 0 Å². The van der Waals surface area contributed by atoms with Crippen LogP contribution in [0.1, 0.15) is 51.4 Å². The van der Waals surface area contributed by atoms with E-state index < -0.39 is 5.97 Å². The Bertz CT molecular complexity index is 818. The SMILES string of the molecule is O=C(O)C1=C2CCC(=N2)C=C2CCC(=N2)C=C2CCC(N2)C2CCC1N2. The molecule has 0 saturated carbocycles. The molecule has 0 spiro atoms. The number of hydrogen-bond donors (Lipinski definition) is 3. The van der Waals surface area contributed by atoms with Gasteiger partial charge in [0.25, 0.3) is 0 Å². The summed E-state index contributed by atoms with van der Waals surface area (Å²) in [4.78, 5) is 21.4. The lowest BCUT2D eigenvalue weighted by molar-refractivity contribution is -0.133. The number of carbonyl (C=O) groups is 1. The van der Waals surface area contributed by atoms with Crippen molar-refractivity contribution in [2.24, 2.45) is 9.98 Å². The summed E-state index contributed by atoms with van der Waals surface area (Å²) in [6.07, 6.45) is 11.7. The van der Waals surface area contributed by atoms with Gasteiger partial charge in [0.05, 0.1) is 11.3 Å². The number of fused-ring (bicyclic) bond motifs is 7. The zero-order valence-corrected chi connectivity index (χ0v) is 14.8. The molecule has 5 heterocycles. The van der Waals surface area contributed by atoms with Crippen LogP contribution in [-0.4, -0.2) is 40.6 Å². The van der Waals surface area contributed by atoms with E-state index in [0.717, 1.165) is 67.8 Å². The van der Waals surface area contributed by atoms with Crippen LogP contribution in [0.2, 0.25) is 0 Å². The van der Waals surface area contributed by atoms with Crippen LogP contribution in [0.5, 0.6) is 0 Å². The standard InChI is InChI=1S/C20H24N4O2/c25-20(26)19-17-6-4-14(23-17)10-12-2-1-11(21-12)9-13-3-5-15(22-13)16-7-8-18(19)24-16/h9-10,15-16,18,22,24H,1-8H2,(H,25,26). The largest absolute Gasteiger partial charge is 0.478 e. The summed E-state index contributed by atoms with van der Waals surface area (Å²) in [6, 6.07) is 0.588. The summed E-state index contributed by atoms with van der Waals surface area (Å²) in [5.74, 6) is -0.832.